The zero-order valence-electron chi connectivity index (χ0n) is 11.9. The minimum atomic E-state index is -0.810. The Morgan fingerprint density at radius 1 is 1.38 bits per heavy atom. The lowest BCUT2D eigenvalue weighted by atomic mass is 10.0. The molecule has 2 aromatic rings. The monoisotopic (exact) mass is 348 g/mol. The summed E-state index contributed by atoms with van der Waals surface area (Å²) in [4.78, 5) is 18.1. The molecule has 1 aliphatic heterocycles. The average molecular weight is 349 g/mol. The molecule has 0 atom stereocenters. The van der Waals surface area contributed by atoms with Crippen molar-refractivity contribution in [1.29, 1.82) is 0 Å². The maximum atomic E-state index is 11.2. The number of aromatic nitrogens is 1. The van der Waals surface area contributed by atoms with Gasteiger partial charge in [-0.1, -0.05) is 15.9 Å². The van der Waals surface area contributed by atoms with Gasteiger partial charge in [0.15, 0.2) is 0 Å². The Morgan fingerprint density at radius 2 is 2.10 bits per heavy atom. The first-order valence-corrected chi connectivity index (χ1v) is 7.91. The molecule has 21 heavy (non-hydrogen) atoms. The molecule has 0 unspecified atom stereocenters. The maximum Gasteiger partial charge on any atom is 0.307 e. The first-order chi connectivity index (χ1) is 10.1. The Labute approximate surface area is 131 Å². The lowest BCUT2D eigenvalue weighted by Crippen LogP contribution is -2.21. The van der Waals surface area contributed by atoms with Crippen molar-refractivity contribution in [2.75, 3.05) is 18.0 Å². The maximum absolute atomic E-state index is 11.2. The number of anilines is 1. The van der Waals surface area contributed by atoms with Crippen LogP contribution in [0.3, 0.4) is 0 Å². The highest BCUT2D eigenvalue weighted by Crippen LogP contribution is 2.35. The van der Waals surface area contributed by atoms with Crippen LogP contribution in [0.15, 0.2) is 22.7 Å². The zero-order valence-corrected chi connectivity index (χ0v) is 13.5. The molecule has 0 aliphatic carbocycles. The Bertz CT molecular complexity index is 709. The SMILES string of the molecule is Cc1nc2ccc(Br)cc2c(N2CCCC2)c1CC(=O)O. The molecule has 4 nitrogen and oxygen atoms in total. The van der Waals surface area contributed by atoms with Crippen molar-refractivity contribution < 1.29 is 9.90 Å². The number of carboxylic acids is 1. The highest BCUT2D eigenvalue weighted by molar-refractivity contribution is 9.10. The number of pyridine rings is 1. The molecule has 0 amide bonds. The van der Waals surface area contributed by atoms with Crippen LogP contribution in [0.2, 0.25) is 0 Å². The van der Waals surface area contributed by atoms with E-state index in [1.54, 1.807) is 0 Å². The molecular formula is C16H17BrN2O2. The summed E-state index contributed by atoms with van der Waals surface area (Å²) in [5.74, 6) is -0.810. The third-order valence-corrected chi connectivity index (χ3v) is 4.47. The van der Waals surface area contributed by atoms with E-state index in [0.29, 0.717) is 0 Å². The van der Waals surface area contributed by atoms with Gasteiger partial charge in [-0.15, -0.1) is 0 Å². The summed E-state index contributed by atoms with van der Waals surface area (Å²) >= 11 is 3.51. The molecule has 5 heteroatoms. The van der Waals surface area contributed by atoms with Crippen LogP contribution >= 0.6 is 15.9 Å². The lowest BCUT2D eigenvalue weighted by molar-refractivity contribution is -0.136. The summed E-state index contributed by atoms with van der Waals surface area (Å²) in [7, 11) is 0. The van der Waals surface area contributed by atoms with E-state index in [1.165, 1.54) is 0 Å². The number of rotatable bonds is 3. The number of halogens is 1. The highest BCUT2D eigenvalue weighted by Gasteiger charge is 2.22. The predicted octanol–water partition coefficient (Wildman–Crippen LogP) is 3.53. The first-order valence-electron chi connectivity index (χ1n) is 7.12. The number of aliphatic carboxylic acids is 1. The molecule has 1 saturated heterocycles. The van der Waals surface area contributed by atoms with Crippen LogP contribution in [0, 0.1) is 6.92 Å². The largest absolute Gasteiger partial charge is 0.481 e. The number of carbonyl (C=O) groups is 1. The van der Waals surface area contributed by atoms with E-state index in [-0.39, 0.29) is 6.42 Å². The topological polar surface area (TPSA) is 53.4 Å². The summed E-state index contributed by atoms with van der Waals surface area (Å²) in [6.07, 6.45) is 2.33. The molecule has 1 aromatic heterocycles. The predicted molar refractivity (Wildman–Crippen MR) is 87.0 cm³/mol. The Morgan fingerprint density at radius 3 is 2.76 bits per heavy atom. The van der Waals surface area contributed by atoms with Crippen LogP contribution < -0.4 is 4.90 Å². The van der Waals surface area contributed by atoms with Gasteiger partial charge in [0.05, 0.1) is 17.6 Å². The number of nitrogens with zero attached hydrogens (tertiary/aromatic N) is 2. The van der Waals surface area contributed by atoms with E-state index >= 15 is 0 Å². The molecule has 3 rings (SSSR count). The van der Waals surface area contributed by atoms with Crippen molar-refractivity contribution in [3.05, 3.63) is 33.9 Å². The fraction of sp³-hybridized carbons (Fsp3) is 0.375. The number of hydrogen-bond donors (Lipinski definition) is 1. The molecule has 2 heterocycles. The van der Waals surface area contributed by atoms with Gasteiger partial charge in [-0.05, 0) is 38.0 Å². The van der Waals surface area contributed by atoms with Gasteiger partial charge in [0.25, 0.3) is 0 Å². The molecule has 1 aliphatic rings. The molecular weight excluding hydrogens is 332 g/mol. The Hall–Kier alpha value is -1.62. The zero-order chi connectivity index (χ0) is 15.0. The second kappa shape index (κ2) is 5.64. The van der Waals surface area contributed by atoms with Crippen molar-refractivity contribution in [2.24, 2.45) is 0 Å². The van der Waals surface area contributed by atoms with Gasteiger partial charge >= 0.3 is 5.97 Å². The smallest absolute Gasteiger partial charge is 0.307 e. The normalized spacial score (nSPS) is 14.9. The summed E-state index contributed by atoms with van der Waals surface area (Å²) < 4.78 is 0.988. The van der Waals surface area contributed by atoms with Crippen LogP contribution in [-0.4, -0.2) is 29.1 Å². The van der Waals surface area contributed by atoms with E-state index in [0.717, 1.165) is 58.3 Å². The summed E-state index contributed by atoms with van der Waals surface area (Å²) in [6.45, 7) is 3.87. The van der Waals surface area contributed by atoms with E-state index in [4.69, 9.17) is 0 Å². The summed E-state index contributed by atoms with van der Waals surface area (Å²) in [5, 5.41) is 10.3. The molecule has 1 aromatic carbocycles. The molecule has 1 N–H and O–H groups in total. The first kappa shape index (κ1) is 14.3. The van der Waals surface area contributed by atoms with Crippen molar-refractivity contribution >= 4 is 38.5 Å². The Balaban J connectivity index is 2.28. The number of benzene rings is 1. The van der Waals surface area contributed by atoms with Crippen molar-refractivity contribution in [3.63, 3.8) is 0 Å². The van der Waals surface area contributed by atoms with E-state index in [1.807, 2.05) is 25.1 Å². The molecule has 0 radical (unpaired) electrons. The summed E-state index contributed by atoms with van der Waals surface area (Å²) in [5.41, 5.74) is 3.63. The average Bonchev–Trinajstić information content (AvgIpc) is 2.93. The van der Waals surface area contributed by atoms with Gasteiger partial charge in [0.1, 0.15) is 0 Å². The minimum Gasteiger partial charge on any atom is -0.481 e. The molecule has 110 valence electrons. The quantitative estimate of drug-likeness (QED) is 0.921. The third kappa shape index (κ3) is 2.75. The van der Waals surface area contributed by atoms with Gasteiger partial charge < -0.3 is 10.0 Å². The van der Waals surface area contributed by atoms with Gasteiger partial charge in [0, 0.05) is 34.2 Å². The fourth-order valence-electron chi connectivity index (χ4n) is 3.04. The second-order valence-electron chi connectivity index (χ2n) is 5.45. The highest BCUT2D eigenvalue weighted by atomic mass is 79.9. The number of fused-ring (bicyclic) bond motifs is 1. The van der Waals surface area contributed by atoms with Crippen LogP contribution in [0.4, 0.5) is 5.69 Å². The van der Waals surface area contributed by atoms with E-state index in [9.17, 15) is 9.90 Å². The van der Waals surface area contributed by atoms with Crippen LogP contribution in [-0.2, 0) is 11.2 Å². The fourth-order valence-corrected chi connectivity index (χ4v) is 3.40. The van der Waals surface area contributed by atoms with Gasteiger partial charge in [0.2, 0.25) is 0 Å². The van der Waals surface area contributed by atoms with Crippen LogP contribution in [0.5, 0.6) is 0 Å². The van der Waals surface area contributed by atoms with Gasteiger partial charge in [-0.25, -0.2) is 0 Å². The minimum absolute atomic E-state index is 0.0210. The Kier molecular flexibility index (Phi) is 3.85. The molecule has 0 saturated carbocycles. The number of aryl methyl sites for hydroxylation is 1. The van der Waals surface area contributed by atoms with Crippen LogP contribution in [0.1, 0.15) is 24.1 Å². The molecule has 0 bridgehead atoms. The lowest BCUT2D eigenvalue weighted by Gasteiger charge is -2.24. The van der Waals surface area contributed by atoms with Crippen molar-refractivity contribution in [2.45, 2.75) is 26.2 Å². The van der Waals surface area contributed by atoms with Gasteiger partial charge in [-0.2, -0.15) is 0 Å². The number of hydrogen-bond acceptors (Lipinski definition) is 3. The molecule has 1 fully saturated rings. The van der Waals surface area contributed by atoms with E-state index in [2.05, 4.69) is 25.8 Å². The standard InChI is InChI=1S/C16H17BrN2O2/c1-10-12(9-15(20)21)16(19-6-2-3-7-19)13-8-11(17)4-5-14(13)18-10/h4-5,8H,2-3,6-7,9H2,1H3,(H,20,21). The summed E-state index contributed by atoms with van der Waals surface area (Å²) in [6, 6.07) is 6.00. The number of carboxylic acid groups (broad SMARTS) is 1. The van der Waals surface area contributed by atoms with Crippen molar-refractivity contribution in [3.8, 4) is 0 Å². The van der Waals surface area contributed by atoms with Gasteiger partial charge in [-0.3, -0.25) is 9.78 Å². The van der Waals surface area contributed by atoms with E-state index < -0.39 is 5.97 Å². The molecule has 0 spiro atoms. The second-order valence-corrected chi connectivity index (χ2v) is 6.37. The van der Waals surface area contributed by atoms with Crippen molar-refractivity contribution in [1.82, 2.24) is 4.98 Å². The third-order valence-electron chi connectivity index (χ3n) is 3.97. The van der Waals surface area contributed by atoms with Crippen LogP contribution in [0.25, 0.3) is 10.9 Å².